The van der Waals surface area contributed by atoms with Gasteiger partial charge in [0.2, 0.25) is 0 Å². The zero-order valence-corrected chi connectivity index (χ0v) is 29.1. The Labute approximate surface area is 309 Å². The van der Waals surface area contributed by atoms with E-state index < -0.39 is 0 Å². The van der Waals surface area contributed by atoms with E-state index in [1.54, 1.807) is 12.2 Å². The van der Waals surface area contributed by atoms with E-state index in [4.69, 9.17) is 9.98 Å². The standard InChI is InChI=1S/C46H35N4.Co/c1-31-23-25-37(47)45(35-19-11-5-12-20-35)38(48)26-24-32(2)44(34-17-9-4-10-18-34)40-28-30-42(50-40)46(36-21-13-6-14-22-36)41-29-27-39(49-41)43(31)33-15-7-3-8-16-33;/h3-30,47-48H,1H2,2H3;/q-3;+3/b25-23-,32-24+,38-26-,43-39?,44-40+,45-37+,46-41?;. The zero-order chi connectivity index (χ0) is 34.5. The molecule has 0 radical (unpaired) electrons. The normalized spacial score (nSPS) is 20.6. The minimum Gasteiger partial charge on any atom is -0.698 e. The quantitative estimate of drug-likeness (QED) is 0.184. The first-order valence-electron chi connectivity index (χ1n) is 16.5. The first kappa shape index (κ1) is 34.7. The van der Waals surface area contributed by atoms with Crippen LogP contribution in [0.1, 0.15) is 29.2 Å². The summed E-state index contributed by atoms with van der Waals surface area (Å²) < 4.78 is 0. The molecule has 0 fully saturated rings. The SMILES string of the molecule is C=C1\C=C/C([NH-])=C(c2ccccc2)\C([NH-])=C\C=C(C)\C(c2ccccc2)=C2\C=CC(=N2)C(c2ccccc2)=c2ccc([n-]2)=C1c1ccccc1.[Co+3]. The summed E-state index contributed by atoms with van der Waals surface area (Å²) >= 11 is 0. The minimum absolute atomic E-state index is 0. The van der Waals surface area contributed by atoms with Gasteiger partial charge in [0, 0.05) is 5.57 Å². The van der Waals surface area contributed by atoms with Crippen LogP contribution in [0.3, 0.4) is 0 Å². The Morgan fingerprint density at radius 2 is 0.980 bits per heavy atom. The molecule has 2 aliphatic rings. The maximum atomic E-state index is 9.23. The van der Waals surface area contributed by atoms with E-state index in [1.165, 1.54) is 0 Å². The summed E-state index contributed by atoms with van der Waals surface area (Å²) in [7, 11) is 0. The average molecular weight is 703 g/mol. The molecule has 248 valence electrons. The Hall–Kier alpha value is -6.14. The average Bonchev–Trinajstić information content (AvgIpc) is 3.83. The molecular weight excluding hydrogens is 667 g/mol. The minimum atomic E-state index is 0. The van der Waals surface area contributed by atoms with Crippen LogP contribution in [0.2, 0.25) is 0 Å². The largest absolute Gasteiger partial charge is 3.00 e. The fourth-order valence-corrected chi connectivity index (χ4v) is 6.38. The van der Waals surface area contributed by atoms with Gasteiger partial charge in [-0.25, -0.2) is 4.99 Å². The van der Waals surface area contributed by atoms with Gasteiger partial charge in [0.15, 0.2) is 0 Å². The van der Waals surface area contributed by atoms with Gasteiger partial charge in [-0.15, -0.1) is 22.1 Å². The smallest absolute Gasteiger partial charge is 0.698 e. The summed E-state index contributed by atoms with van der Waals surface area (Å²) in [4.78, 5) is 10.5. The molecule has 0 saturated carbocycles. The predicted octanol–water partition coefficient (Wildman–Crippen LogP) is 9.93. The number of hydrogen-bond donors (Lipinski definition) is 0. The van der Waals surface area contributed by atoms with Crippen LogP contribution in [0.5, 0.6) is 0 Å². The number of benzene rings is 4. The number of fused-ring (bicyclic) bond motifs is 3. The van der Waals surface area contributed by atoms with Crippen molar-refractivity contribution in [2.75, 3.05) is 0 Å². The summed E-state index contributed by atoms with van der Waals surface area (Å²) in [5.41, 5.74) is 29.3. The summed E-state index contributed by atoms with van der Waals surface area (Å²) in [5, 5.41) is 1.59. The molecule has 0 spiro atoms. The van der Waals surface area contributed by atoms with Crippen molar-refractivity contribution in [3.63, 3.8) is 0 Å². The number of nitrogens with zero attached hydrogens (tertiary/aromatic N) is 2. The van der Waals surface area contributed by atoms with Gasteiger partial charge >= 0.3 is 16.8 Å². The van der Waals surface area contributed by atoms with Crippen LogP contribution in [-0.2, 0) is 16.8 Å². The Morgan fingerprint density at radius 3 is 1.53 bits per heavy atom. The molecule has 1 aromatic heterocycles. The molecule has 0 atom stereocenters. The van der Waals surface area contributed by atoms with E-state index in [9.17, 15) is 11.5 Å². The Morgan fingerprint density at radius 1 is 0.510 bits per heavy atom. The van der Waals surface area contributed by atoms with E-state index in [2.05, 4.69) is 55.1 Å². The number of aliphatic imine (C=N–C) groups is 1. The fourth-order valence-electron chi connectivity index (χ4n) is 6.38. The third-order valence-electron chi connectivity index (χ3n) is 8.76. The topological polar surface area (TPSA) is 74.1 Å². The number of aromatic nitrogens is 1. The molecule has 0 aliphatic carbocycles. The molecule has 0 unspecified atom stereocenters. The summed E-state index contributed by atoms with van der Waals surface area (Å²) in [5.74, 6) is 0. The van der Waals surface area contributed by atoms with Crippen molar-refractivity contribution in [3.05, 3.63) is 249 Å². The molecule has 0 saturated heterocycles. The third-order valence-corrected chi connectivity index (χ3v) is 8.76. The Balaban J connectivity index is 0.00000448. The van der Waals surface area contributed by atoms with E-state index in [0.29, 0.717) is 11.1 Å². The molecule has 3 heterocycles. The van der Waals surface area contributed by atoms with Gasteiger partial charge in [-0.2, -0.15) is 0 Å². The molecule has 2 N–H and O–H groups in total. The van der Waals surface area contributed by atoms with Crippen molar-refractivity contribution >= 4 is 28.0 Å². The summed E-state index contributed by atoms with van der Waals surface area (Å²) in [6.45, 7) is 6.51. The second-order valence-corrected chi connectivity index (χ2v) is 12.1. The molecule has 4 nitrogen and oxygen atoms in total. The van der Waals surface area contributed by atoms with Crippen molar-refractivity contribution in [1.82, 2.24) is 4.98 Å². The van der Waals surface area contributed by atoms with Crippen molar-refractivity contribution in [2.45, 2.75) is 6.92 Å². The Kier molecular flexibility index (Phi) is 10.6. The summed E-state index contributed by atoms with van der Waals surface area (Å²) in [6.07, 6.45) is 11.4. The van der Waals surface area contributed by atoms with Crippen LogP contribution >= 0.6 is 0 Å². The maximum Gasteiger partial charge on any atom is 3.00 e. The number of hydrogen-bond acceptors (Lipinski definition) is 1. The van der Waals surface area contributed by atoms with Crippen LogP contribution in [0.15, 0.2) is 210 Å². The first-order valence-corrected chi connectivity index (χ1v) is 16.5. The van der Waals surface area contributed by atoms with Crippen molar-refractivity contribution < 1.29 is 16.8 Å². The van der Waals surface area contributed by atoms with Crippen molar-refractivity contribution in [2.24, 2.45) is 4.99 Å². The second kappa shape index (κ2) is 15.6. The third kappa shape index (κ3) is 7.41. The van der Waals surface area contributed by atoms with E-state index in [-0.39, 0.29) is 28.2 Å². The first-order chi connectivity index (χ1) is 24.5. The van der Waals surface area contributed by atoms with Gasteiger partial charge in [-0.05, 0) is 69.2 Å². The Bertz CT molecular complexity index is 2420. The van der Waals surface area contributed by atoms with Crippen molar-refractivity contribution in [3.8, 4) is 0 Å². The molecule has 4 aromatic carbocycles. The molecule has 0 amide bonds. The summed E-state index contributed by atoms with van der Waals surface area (Å²) in [6, 6.07) is 44.3. The second-order valence-electron chi connectivity index (χ2n) is 12.1. The predicted molar refractivity (Wildman–Crippen MR) is 209 cm³/mol. The van der Waals surface area contributed by atoms with E-state index >= 15 is 0 Å². The molecule has 5 aromatic rings. The van der Waals surface area contributed by atoms with Gasteiger partial charge in [0.05, 0.1) is 11.4 Å². The van der Waals surface area contributed by atoms with Crippen LogP contribution in [0, 0.1) is 0 Å². The van der Waals surface area contributed by atoms with Crippen molar-refractivity contribution in [1.29, 1.82) is 0 Å². The van der Waals surface area contributed by atoms with Crippen LogP contribution in [0.25, 0.3) is 33.8 Å². The molecule has 5 heteroatoms. The van der Waals surface area contributed by atoms with Gasteiger partial charge in [-0.1, -0.05) is 164 Å². The number of rotatable bonds is 4. The van der Waals surface area contributed by atoms with Gasteiger partial charge in [0.1, 0.15) is 0 Å². The van der Waals surface area contributed by atoms with Crippen LogP contribution < -0.4 is 15.7 Å². The monoisotopic (exact) mass is 702 g/mol. The number of nitrogens with one attached hydrogen (secondary N) is 2. The molecule has 51 heavy (non-hydrogen) atoms. The molecule has 2 aliphatic heterocycles. The fraction of sp³-hybridized carbons (Fsp3) is 0.0217. The zero-order valence-electron chi connectivity index (χ0n) is 28.1. The maximum absolute atomic E-state index is 9.23. The molecule has 4 bridgehead atoms. The molecule has 7 rings (SSSR count). The number of allylic oxidation sites excluding steroid dienone is 10. The van der Waals surface area contributed by atoms with Crippen LogP contribution in [-0.4, -0.2) is 5.71 Å². The van der Waals surface area contributed by atoms with E-state index in [1.807, 2.05) is 116 Å². The van der Waals surface area contributed by atoms with Gasteiger partial charge < -0.3 is 16.5 Å². The van der Waals surface area contributed by atoms with Crippen LogP contribution in [0.4, 0.5) is 0 Å². The van der Waals surface area contributed by atoms with Gasteiger partial charge in [-0.3, -0.25) is 0 Å². The van der Waals surface area contributed by atoms with Gasteiger partial charge in [0.25, 0.3) is 0 Å². The molecular formula is C46H35CoN4. The van der Waals surface area contributed by atoms with E-state index in [0.717, 1.165) is 66.7 Å².